The van der Waals surface area contributed by atoms with Crippen LogP contribution in [0.4, 0.5) is 4.79 Å². The van der Waals surface area contributed by atoms with E-state index in [1.54, 1.807) is 14.2 Å². The summed E-state index contributed by atoms with van der Waals surface area (Å²) in [6.07, 6.45) is 2.64. The number of nitrogens with one attached hydrogen (secondary N) is 1. The average Bonchev–Trinajstić information content (AvgIpc) is 3.16. The number of methoxy groups -OCH3 is 2. The zero-order chi connectivity index (χ0) is 23.0. The molecule has 0 aliphatic carbocycles. The Morgan fingerprint density at radius 2 is 1.81 bits per heavy atom. The number of piperidine rings is 1. The number of hydrogen-bond donors (Lipinski definition) is 1. The second-order valence-corrected chi connectivity index (χ2v) is 9.91. The molecular weight excluding hydrogens is 410 g/mol. The van der Waals surface area contributed by atoms with Gasteiger partial charge >= 0.3 is 6.09 Å². The van der Waals surface area contributed by atoms with Crippen LogP contribution in [0.1, 0.15) is 57.2 Å². The number of fused-ring (bicyclic) bond motifs is 3. The minimum Gasteiger partial charge on any atom is -0.493 e. The van der Waals surface area contributed by atoms with E-state index < -0.39 is 11.7 Å². The van der Waals surface area contributed by atoms with Gasteiger partial charge in [0.1, 0.15) is 5.60 Å². The molecule has 1 aromatic rings. The van der Waals surface area contributed by atoms with Gasteiger partial charge in [-0.1, -0.05) is 0 Å². The first-order chi connectivity index (χ1) is 15.2. The Morgan fingerprint density at radius 3 is 2.44 bits per heavy atom. The average molecular weight is 446 g/mol. The van der Waals surface area contributed by atoms with Gasteiger partial charge in [0.15, 0.2) is 11.5 Å². The third kappa shape index (κ3) is 4.51. The maximum atomic E-state index is 12.7. The zero-order valence-corrected chi connectivity index (χ0v) is 19.8. The molecule has 3 aliphatic rings. The molecule has 1 N–H and O–H groups in total. The Balaban J connectivity index is 1.63. The molecular formula is C24H35N3O5. The van der Waals surface area contributed by atoms with E-state index in [0.717, 1.165) is 38.2 Å². The Labute approximate surface area is 190 Å². The van der Waals surface area contributed by atoms with E-state index >= 15 is 0 Å². The number of amides is 2. The summed E-state index contributed by atoms with van der Waals surface area (Å²) in [6.45, 7) is 7.95. The maximum absolute atomic E-state index is 12.7. The maximum Gasteiger partial charge on any atom is 0.407 e. The van der Waals surface area contributed by atoms with Crippen LogP contribution in [0.2, 0.25) is 0 Å². The van der Waals surface area contributed by atoms with E-state index in [2.05, 4.69) is 22.3 Å². The van der Waals surface area contributed by atoms with Crippen LogP contribution in [-0.4, -0.2) is 73.3 Å². The Bertz CT molecular complexity index is 881. The fourth-order valence-electron chi connectivity index (χ4n) is 5.29. The molecule has 3 atom stereocenters. The minimum absolute atomic E-state index is 0.0598. The lowest BCUT2D eigenvalue weighted by atomic mass is 9.82. The SMILES string of the molecule is COc1cc2c(cc1OC)C1CC(NC(=O)OC(C)(C)C)C(N3CCCC3=O)CN1CC2. The van der Waals surface area contributed by atoms with Gasteiger partial charge < -0.3 is 24.4 Å². The summed E-state index contributed by atoms with van der Waals surface area (Å²) in [5, 5.41) is 3.10. The predicted octanol–water partition coefficient (Wildman–Crippen LogP) is 2.89. The summed E-state index contributed by atoms with van der Waals surface area (Å²) >= 11 is 0. The highest BCUT2D eigenvalue weighted by atomic mass is 16.6. The highest BCUT2D eigenvalue weighted by molar-refractivity contribution is 5.78. The van der Waals surface area contributed by atoms with Gasteiger partial charge in [0.25, 0.3) is 0 Å². The fourth-order valence-corrected chi connectivity index (χ4v) is 5.29. The van der Waals surface area contributed by atoms with Gasteiger partial charge in [0.2, 0.25) is 5.91 Å². The molecule has 32 heavy (non-hydrogen) atoms. The van der Waals surface area contributed by atoms with Gasteiger partial charge in [-0.2, -0.15) is 0 Å². The molecule has 0 aromatic heterocycles. The molecule has 0 spiro atoms. The van der Waals surface area contributed by atoms with Gasteiger partial charge in [0.05, 0.1) is 26.3 Å². The van der Waals surface area contributed by atoms with E-state index in [4.69, 9.17) is 14.2 Å². The molecule has 4 rings (SSSR count). The number of alkyl carbamates (subject to hydrolysis) is 1. The van der Waals surface area contributed by atoms with Crippen LogP contribution in [0.3, 0.4) is 0 Å². The summed E-state index contributed by atoms with van der Waals surface area (Å²) < 4.78 is 16.6. The van der Waals surface area contributed by atoms with Crippen LogP contribution in [0.15, 0.2) is 12.1 Å². The molecule has 2 saturated heterocycles. The van der Waals surface area contributed by atoms with Crippen molar-refractivity contribution in [2.75, 3.05) is 33.9 Å². The normalized spacial score (nSPS) is 25.7. The highest BCUT2D eigenvalue weighted by Crippen LogP contribution is 2.42. The van der Waals surface area contributed by atoms with E-state index in [9.17, 15) is 9.59 Å². The lowest BCUT2D eigenvalue weighted by molar-refractivity contribution is -0.132. The lowest BCUT2D eigenvalue weighted by Crippen LogP contribution is -2.62. The van der Waals surface area contributed by atoms with Gasteiger partial charge in [-0.25, -0.2) is 4.79 Å². The number of hydrogen-bond acceptors (Lipinski definition) is 6. The lowest BCUT2D eigenvalue weighted by Gasteiger charge is -2.49. The summed E-state index contributed by atoms with van der Waals surface area (Å²) in [5.41, 5.74) is 1.87. The Hall–Kier alpha value is -2.48. The number of nitrogens with zero attached hydrogens (tertiary/aromatic N) is 2. The molecule has 0 bridgehead atoms. The number of carbonyl (C=O) groups excluding carboxylic acids is 2. The first-order valence-electron chi connectivity index (χ1n) is 11.5. The second-order valence-electron chi connectivity index (χ2n) is 9.91. The summed E-state index contributed by atoms with van der Waals surface area (Å²) in [6, 6.07) is 4.02. The van der Waals surface area contributed by atoms with Crippen molar-refractivity contribution in [1.29, 1.82) is 0 Å². The van der Waals surface area contributed by atoms with Gasteiger partial charge in [-0.05, 0) is 63.3 Å². The van der Waals surface area contributed by atoms with Crippen LogP contribution in [0.25, 0.3) is 0 Å². The summed E-state index contributed by atoms with van der Waals surface area (Å²) in [5.74, 6) is 1.62. The van der Waals surface area contributed by atoms with Crippen LogP contribution < -0.4 is 14.8 Å². The van der Waals surface area contributed by atoms with Crippen LogP contribution in [-0.2, 0) is 16.0 Å². The topological polar surface area (TPSA) is 80.3 Å². The third-order valence-electron chi connectivity index (χ3n) is 6.69. The smallest absolute Gasteiger partial charge is 0.407 e. The molecule has 0 radical (unpaired) electrons. The van der Waals surface area contributed by atoms with E-state index in [-0.39, 0.29) is 24.0 Å². The van der Waals surface area contributed by atoms with Crippen LogP contribution in [0.5, 0.6) is 11.5 Å². The Kier molecular flexibility index (Phi) is 6.25. The van der Waals surface area contributed by atoms with Crippen molar-refractivity contribution in [2.45, 2.75) is 70.2 Å². The molecule has 176 valence electrons. The molecule has 0 saturated carbocycles. The van der Waals surface area contributed by atoms with Crippen LogP contribution in [0, 0.1) is 0 Å². The van der Waals surface area contributed by atoms with Crippen molar-refractivity contribution in [2.24, 2.45) is 0 Å². The monoisotopic (exact) mass is 445 g/mol. The minimum atomic E-state index is -0.578. The van der Waals surface area contributed by atoms with Crippen molar-refractivity contribution in [3.05, 3.63) is 23.3 Å². The third-order valence-corrected chi connectivity index (χ3v) is 6.69. The number of benzene rings is 1. The van der Waals surface area contributed by atoms with Crippen molar-refractivity contribution in [3.63, 3.8) is 0 Å². The fraction of sp³-hybridized carbons (Fsp3) is 0.667. The number of ether oxygens (including phenoxy) is 3. The standard InChI is InChI=1S/C24H35N3O5/c1-24(2,3)32-23(29)25-17-13-18-16-12-21(31-5)20(30-4)11-15(16)8-10-26(18)14-19(17)27-9-6-7-22(27)28/h11-12,17-19H,6-10,13-14H2,1-5H3,(H,25,29). The quantitative estimate of drug-likeness (QED) is 0.768. The molecule has 1 aromatic carbocycles. The van der Waals surface area contributed by atoms with Crippen molar-refractivity contribution < 1.29 is 23.8 Å². The van der Waals surface area contributed by atoms with E-state index in [1.807, 2.05) is 25.7 Å². The van der Waals surface area contributed by atoms with Gasteiger partial charge in [0, 0.05) is 32.1 Å². The molecule has 3 unspecified atom stereocenters. The van der Waals surface area contributed by atoms with Gasteiger partial charge in [-0.15, -0.1) is 0 Å². The van der Waals surface area contributed by atoms with Crippen LogP contribution >= 0.6 is 0 Å². The van der Waals surface area contributed by atoms with Crippen molar-refractivity contribution in [1.82, 2.24) is 15.1 Å². The largest absolute Gasteiger partial charge is 0.493 e. The second kappa shape index (κ2) is 8.81. The molecule has 2 amide bonds. The zero-order valence-electron chi connectivity index (χ0n) is 19.8. The molecule has 8 heteroatoms. The molecule has 8 nitrogen and oxygen atoms in total. The summed E-state index contributed by atoms with van der Waals surface area (Å²) in [4.78, 5) is 29.7. The molecule has 3 heterocycles. The number of rotatable bonds is 4. The molecule has 2 fully saturated rings. The molecule has 3 aliphatic heterocycles. The predicted molar refractivity (Wildman–Crippen MR) is 120 cm³/mol. The first kappa shape index (κ1) is 22.7. The number of carbonyl (C=O) groups is 2. The first-order valence-corrected chi connectivity index (χ1v) is 11.5. The van der Waals surface area contributed by atoms with E-state index in [0.29, 0.717) is 18.6 Å². The van der Waals surface area contributed by atoms with E-state index in [1.165, 1.54) is 11.1 Å². The highest BCUT2D eigenvalue weighted by Gasteiger charge is 2.44. The van der Waals surface area contributed by atoms with Crippen molar-refractivity contribution in [3.8, 4) is 11.5 Å². The van der Waals surface area contributed by atoms with Gasteiger partial charge in [-0.3, -0.25) is 9.69 Å². The number of likely N-dealkylation sites (tertiary alicyclic amines) is 1. The summed E-state index contributed by atoms with van der Waals surface area (Å²) in [7, 11) is 3.30. The van der Waals surface area contributed by atoms with Crippen molar-refractivity contribution >= 4 is 12.0 Å². The Morgan fingerprint density at radius 1 is 1.09 bits per heavy atom.